The first-order chi connectivity index (χ1) is 5.34. The molecule has 0 saturated heterocycles. The van der Waals surface area contributed by atoms with Crippen LogP contribution in [-0.2, 0) is 6.42 Å². The normalized spacial score (nSPS) is 8.73. The molecular formula is C9H18N2. The summed E-state index contributed by atoms with van der Waals surface area (Å²) < 4.78 is 0. The van der Waals surface area contributed by atoms with Crippen molar-refractivity contribution in [1.29, 1.82) is 0 Å². The Morgan fingerprint density at radius 1 is 1.45 bits per heavy atom. The van der Waals surface area contributed by atoms with Crippen LogP contribution in [-0.4, -0.2) is 10.2 Å². The van der Waals surface area contributed by atoms with Crippen LogP contribution in [0.25, 0.3) is 0 Å². The molecule has 2 nitrogen and oxygen atoms in total. The topological polar surface area (TPSA) is 28.7 Å². The van der Waals surface area contributed by atoms with Crippen LogP contribution in [0.1, 0.15) is 38.4 Å². The van der Waals surface area contributed by atoms with Crippen LogP contribution >= 0.6 is 0 Å². The summed E-state index contributed by atoms with van der Waals surface area (Å²) in [5.74, 6) is 0. The Bertz CT molecular complexity index is 179. The summed E-state index contributed by atoms with van der Waals surface area (Å²) in [5.41, 5.74) is 2.55. The number of hydrogen-bond acceptors (Lipinski definition) is 1. The van der Waals surface area contributed by atoms with Crippen molar-refractivity contribution in [3.63, 3.8) is 0 Å². The summed E-state index contributed by atoms with van der Waals surface area (Å²) in [6.07, 6.45) is 4.17. The SMILES string of the molecule is CC.CCCc1[nH]ncc1C. The average Bonchev–Trinajstić information content (AvgIpc) is 2.42. The second-order valence-electron chi connectivity index (χ2n) is 2.28. The summed E-state index contributed by atoms with van der Waals surface area (Å²) in [6, 6.07) is 0. The van der Waals surface area contributed by atoms with Gasteiger partial charge < -0.3 is 0 Å². The number of H-pyrrole nitrogens is 1. The van der Waals surface area contributed by atoms with E-state index >= 15 is 0 Å². The van der Waals surface area contributed by atoms with Gasteiger partial charge in [-0.25, -0.2) is 0 Å². The maximum Gasteiger partial charge on any atom is 0.0519 e. The zero-order chi connectivity index (χ0) is 8.69. The van der Waals surface area contributed by atoms with Crippen molar-refractivity contribution in [3.05, 3.63) is 17.5 Å². The van der Waals surface area contributed by atoms with Gasteiger partial charge in [-0.1, -0.05) is 27.2 Å². The van der Waals surface area contributed by atoms with E-state index in [1.807, 2.05) is 20.0 Å². The lowest BCUT2D eigenvalue weighted by Crippen LogP contribution is -1.84. The molecule has 0 aromatic carbocycles. The quantitative estimate of drug-likeness (QED) is 0.697. The molecule has 0 fully saturated rings. The van der Waals surface area contributed by atoms with Gasteiger partial charge in [-0.15, -0.1) is 0 Å². The molecule has 0 saturated carbocycles. The third-order valence-electron chi connectivity index (χ3n) is 1.43. The van der Waals surface area contributed by atoms with Crippen LogP contribution in [0.3, 0.4) is 0 Å². The molecule has 64 valence electrons. The molecule has 0 atom stereocenters. The minimum absolute atomic E-state index is 1.12. The van der Waals surface area contributed by atoms with E-state index < -0.39 is 0 Å². The highest BCUT2D eigenvalue weighted by atomic mass is 15.1. The molecule has 0 bridgehead atoms. The van der Waals surface area contributed by atoms with E-state index in [1.54, 1.807) is 0 Å². The van der Waals surface area contributed by atoms with Crippen molar-refractivity contribution in [2.45, 2.75) is 40.5 Å². The Morgan fingerprint density at radius 3 is 2.45 bits per heavy atom. The van der Waals surface area contributed by atoms with Gasteiger partial charge in [-0.05, 0) is 18.9 Å². The number of hydrogen-bond donors (Lipinski definition) is 1. The van der Waals surface area contributed by atoms with Gasteiger partial charge in [0.05, 0.1) is 6.20 Å². The maximum atomic E-state index is 3.92. The molecule has 1 aromatic rings. The Labute approximate surface area is 69.0 Å². The van der Waals surface area contributed by atoms with Crippen LogP contribution in [0.5, 0.6) is 0 Å². The summed E-state index contributed by atoms with van der Waals surface area (Å²) in [5, 5.41) is 6.87. The first kappa shape index (κ1) is 10.2. The fourth-order valence-electron chi connectivity index (χ4n) is 0.876. The van der Waals surface area contributed by atoms with Gasteiger partial charge in [0.1, 0.15) is 0 Å². The monoisotopic (exact) mass is 154 g/mol. The Morgan fingerprint density at radius 2 is 2.09 bits per heavy atom. The number of aromatic amines is 1. The molecule has 0 amide bonds. The third-order valence-corrected chi connectivity index (χ3v) is 1.43. The van der Waals surface area contributed by atoms with Gasteiger partial charge >= 0.3 is 0 Å². The molecule has 0 unspecified atom stereocenters. The fraction of sp³-hybridized carbons (Fsp3) is 0.667. The van der Waals surface area contributed by atoms with Crippen LogP contribution in [0.15, 0.2) is 6.20 Å². The van der Waals surface area contributed by atoms with E-state index in [9.17, 15) is 0 Å². The van der Waals surface area contributed by atoms with Gasteiger partial charge in [0, 0.05) is 5.69 Å². The molecule has 0 aliphatic carbocycles. The van der Waals surface area contributed by atoms with Crippen molar-refractivity contribution in [3.8, 4) is 0 Å². The highest BCUT2D eigenvalue weighted by Gasteiger charge is 1.95. The molecule has 1 N–H and O–H groups in total. The molecule has 1 aromatic heterocycles. The van der Waals surface area contributed by atoms with Gasteiger partial charge in [-0.2, -0.15) is 5.10 Å². The van der Waals surface area contributed by atoms with E-state index in [4.69, 9.17) is 0 Å². The number of nitrogens with one attached hydrogen (secondary N) is 1. The van der Waals surface area contributed by atoms with E-state index in [0.717, 1.165) is 6.42 Å². The standard InChI is InChI=1S/C7H12N2.C2H6/c1-3-4-7-6(2)5-8-9-7;1-2/h5H,3-4H2,1-2H3,(H,8,9);1-2H3. The van der Waals surface area contributed by atoms with Crippen LogP contribution in [0, 0.1) is 6.92 Å². The summed E-state index contributed by atoms with van der Waals surface area (Å²) in [4.78, 5) is 0. The lowest BCUT2D eigenvalue weighted by atomic mass is 10.2. The number of aromatic nitrogens is 2. The largest absolute Gasteiger partial charge is 0.282 e. The van der Waals surface area contributed by atoms with Crippen molar-refractivity contribution in [2.24, 2.45) is 0 Å². The van der Waals surface area contributed by atoms with E-state index in [1.165, 1.54) is 17.7 Å². The molecule has 2 heteroatoms. The minimum Gasteiger partial charge on any atom is -0.282 e. The number of rotatable bonds is 2. The molecule has 1 heterocycles. The van der Waals surface area contributed by atoms with Crippen molar-refractivity contribution < 1.29 is 0 Å². The second kappa shape index (κ2) is 5.96. The summed E-state index contributed by atoms with van der Waals surface area (Å²) in [6.45, 7) is 8.24. The first-order valence-electron chi connectivity index (χ1n) is 4.33. The van der Waals surface area contributed by atoms with E-state index in [-0.39, 0.29) is 0 Å². The molecule has 0 aliphatic rings. The first-order valence-corrected chi connectivity index (χ1v) is 4.33. The second-order valence-corrected chi connectivity index (χ2v) is 2.28. The smallest absolute Gasteiger partial charge is 0.0519 e. The predicted molar refractivity (Wildman–Crippen MR) is 48.7 cm³/mol. The minimum atomic E-state index is 1.12. The zero-order valence-corrected chi connectivity index (χ0v) is 7.94. The molecule has 1 rings (SSSR count). The van der Waals surface area contributed by atoms with Gasteiger partial charge in [-0.3, -0.25) is 5.10 Å². The molecule has 0 aliphatic heterocycles. The lowest BCUT2D eigenvalue weighted by Gasteiger charge is -1.91. The highest BCUT2D eigenvalue weighted by molar-refractivity contribution is 5.13. The van der Waals surface area contributed by atoms with Crippen molar-refractivity contribution in [2.75, 3.05) is 0 Å². The van der Waals surface area contributed by atoms with Gasteiger partial charge in [0.15, 0.2) is 0 Å². The third kappa shape index (κ3) is 3.21. The summed E-state index contributed by atoms with van der Waals surface area (Å²) in [7, 11) is 0. The van der Waals surface area contributed by atoms with Gasteiger partial charge in [0.2, 0.25) is 0 Å². The zero-order valence-electron chi connectivity index (χ0n) is 7.94. The van der Waals surface area contributed by atoms with Crippen LogP contribution in [0.2, 0.25) is 0 Å². The molecule has 0 spiro atoms. The van der Waals surface area contributed by atoms with E-state index in [0.29, 0.717) is 0 Å². The predicted octanol–water partition coefficient (Wildman–Crippen LogP) is 2.70. The molecule has 11 heavy (non-hydrogen) atoms. The Balaban J connectivity index is 0.000000461. The number of nitrogens with zero attached hydrogens (tertiary/aromatic N) is 1. The summed E-state index contributed by atoms with van der Waals surface area (Å²) >= 11 is 0. The number of aryl methyl sites for hydroxylation is 2. The Hall–Kier alpha value is -0.790. The highest BCUT2D eigenvalue weighted by Crippen LogP contribution is 2.03. The fourth-order valence-corrected chi connectivity index (χ4v) is 0.876. The maximum absolute atomic E-state index is 3.92. The average molecular weight is 154 g/mol. The Kier molecular flexibility index (Phi) is 5.53. The van der Waals surface area contributed by atoms with E-state index in [2.05, 4.69) is 24.0 Å². The van der Waals surface area contributed by atoms with Gasteiger partial charge in [0.25, 0.3) is 0 Å². The molecule has 0 radical (unpaired) electrons. The van der Waals surface area contributed by atoms with Crippen molar-refractivity contribution in [1.82, 2.24) is 10.2 Å². The molecular weight excluding hydrogens is 136 g/mol. The lowest BCUT2D eigenvalue weighted by molar-refractivity contribution is 0.861. The van der Waals surface area contributed by atoms with Crippen LogP contribution in [0.4, 0.5) is 0 Å². The van der Waals surface area contributed by atoms with Crippen molar-refractivity contribution >= 4 is 0 Å². The van der Waals surface area contributed by atoms with Crippen LogP contribution < -0.4 is 0 Å².